The summed E-state index contributed by atoms with van der Waals surface area (Å²) in [5.74, 6) is -1.18. The Hall–Kier alpha value is -5.39. The van der Waals surface area contributed by atoms with Crippen LogP contribution >= 0.6 is 0 Å². The van der Waals surface area contributed by atoms with Crippen LogP contribution in [0.2, 0.25) is 0 Å². The zero-order valence-electron chi connectivity index (χ0n) is 34.8. The van der Waals surface area contributed by atoms with E-state index in [1.54, 1.807) is 13.2 Å². The van der Waals surface area contributed by atoms with Gasteiger partial charge in [-0.3, -0.25) is 19.1 Å². The number of carbonyl (C=O) groups is 4. The molecule has 4 amide bonds. The fourth-order valence-electron chi connectivity index (χ4n) is 8.94. The second kappa shape index (κ2) is 16.8. The highest BCUT2D eigenvalue weighted by Gasteiger charge is 2.62. The molecule has 3 aromatic rings. The van der Waals surface area contributed by atoms with Crippen molar-refractivity contribution in [2.45, 2.75) is 120 Å². The Morgan fingerprint density at radius 1 is 1.11 bits per heavy atom. The zero-order chi connectivity index (χ0) is 43.1. The smallest absolute Gasteiger partial charge is 0.407 e. The van der Waals surface area contributed by atoms with Crippen LogP contribution in [0.1, 0.15) is 89.5 Å². The van der Waals surface area contributed by atoms with Gasteiger partial charge < -0.3 is 38.9 Å². The maximum Gasteiger partial charge on any atom is 0.407 e. The van der Waals surface area contributed by atoms with E-state index in [4.69, 9.17) is 28.3 Å². The molecule has 0 radical (unpaired) electrons. The Balaban J connectivity index is 1.16. The van der Waals surface area contributed by atoms with E-state index in [0.717, 1.165) is 24.8 Å². The van der Waals surface area contributed by atoms with Gasteiger partial charge in [0, 0.05) is 29.9 Å². The Morgan fingerprint density at radius 2 is 1.90 bits per heavy atom. The lowest BCUT2D eigenvalue weighted by atomic mass is 9.87. The number of hydrogen-bond acceptors (Lipinski definition) is 13. The summed E-state index contributed by atoms with van der Waals surface area (Å²) in [5.41, 5.74) is -0.556. The van der Waals surface area contributed by atoms with E-state index in [-0.39, 0.29) is 44.4 Å². The number of nitrogens with one attached hydrogen (secondary N) is 3. The lowest BCUT2D eigenvalue weighted by molar-refractivity contribution is -0.142. The molecule has 18 heteroatoms. The van der Waals surface area contributed by atoms with Gasteiger partial charge in [0.05, 0.1) is 37.2 Å². The molecule has 3 N–H and O–H groups in total. The van der Waals surface area contributed by atoms with Gasteiger partial charge in [-0.15, -0.1) is 6.58 Å². The van der Waals surface area contributed by atoms with Crippen molar-refractivity contribution in [1.82, 2.24) is 30.2 Å². The van der Waals surface area contributed by atoms with Crippen molar-refractivity contribution in [1.29, 1.82) is 0 Å². The molecular formula is C43H54N6O11S. The number of nitrogens with zero attached hydrogens (tertiary/aromatic N) is 3. The topological polar surface area (TPSA) is 218 Å². The van der Waals surface area contributed by atoms with E-state index >= 15 is 0 Å². The van der Waals surface area contributed by atoms with Crippen molar-refractivity contribution in [3.63, 3.8) is 0 Å². The minimum absolute atomic E-state index is 0.00373. The normalized spacial score (nSPS) is 27.0. The molecule has 5 atom stereocenters. The van der Waals surface area contributed by atoms with Gasteiger partial charge in [-0.25, -0.2) is 23.2 Å². The van der Waals surface area contributed by atoms with Crippen molar-refractivity contribution in [3.05, 3.63) is 54.8 Å². The van der Waals surface area contributed by atoms with Crippen LogP contribution in [0, 0.1) is 17.3 Å². The molecule has 4 fully saturated rings. The van der Waals surface area contributed by atoms with Crippen molar-refractivity contribution in [2.75, 3.05) is 20.3 Å². The van der Waals surface area contributed by atoms with E-state index in [9.17, 15) is 27.6 Å². The molecule has 2 aromatic heterocycles. The van der Waals surface area contributed by atoms with Crippen molar-refractivity contribution >= 4 is 44.7 Å². The molecule has 3 aliphatic carbocycles. The third-order valence-electron chi connectivity index (χ3n) is 12.7. The third kappa shape index (κ3) is 9.14. The maximum atomic E-state index is 14.9. The average molecular weight is 863 g/mol. The largest absolute Gasteiger partial charge is 0.496 e. The molecule has 0 spiro atoms. The Bertz CT molecular complexity index is 2290. The first kappa shape index (κ1) is 42.3. The molecule has 61 heavy (non-hydrogen) atoms. The highest BCUT2D eigenvalue weighted by molar-refractivity contribution is 7.91. The van der Waals surface area contributed by atoms with Gasteiger partial charge in [-0.2, -0.15) is 0 Å². The molecule has 1 saturated heterocycles. The summed E-state index contributed by atoms with van der Waals surface area (Å²) in [4.78, 5) is 67.0. The van der Waals surface area contributed by atoms with Crippen LogP contribution in [-0.2, 0) is 42.2 Å². The van der Waals surface area contributed by atoms with Gasteiger partial charge in [-0.05, 0) is 74.3 Å². The summed E-state index contributed by atoms with van der Waals surface area (Å²) >= 11 is 0. The first-order chi connectivity index (χ1) is 29.2. The molecular weight excluding hydrogens is 809 g/mol. The lowest BCUT2D eigenvalue weighted by Crippen LogP contribution is -2.59. The molecule has 2 aliphatic heterocycles. The predicted octanol–water partition coefficient (Wildman–Crippen LogP) is 4.48. The molecule has 3 saturated carbocycles. The molecule has 0 unspecified atom stereocenters. The number of aryl methyl sites for hydroxylation is 1. The number of amides is 4. The molecule has 1 aromatic carbocycles. The van der Waals surface area contributed by atoms with Crippen molar-refractivity contribution in [2.24, 2.45) is 17.3 Å². The van der Waals surface area contributed by atoms with Gasteiger partial charge in [-0.1, -0.05) is 32.8 Å². The second-order valence-electron chi connectivity index (χ2n) is 17.8. The van der Waals surface area contributed by atoms with Gasteiger partial charge in [0.2, 0.25) is 33.6 Å². The van der Waals surface area contributed by atoms with Crippen LogP contribution in [0.15, 0.2) is 47.7 Å². The van der Waals surface area contributed by atoms with Crippen molar-refractivity contribution in [3.8, 4) is 17.4 Å². The van der Waals surface area contributed by atoms with Crippen LogP contribution in [0.4, 0.5) is 4.79 Å². The van der Waals surface area contributed by atoms with E-state index < -0.39 is 74.1 Å². The van der Waals surface area contributed by atoms with Gasteiger partial charge >= 0.3 is 6.09 Å². The highest BCUT2D eigenvalue weighted by atomic mass is 32.2. The number of pyridine rings is 1. The summed E-state index contributed by atoms with van der Waals surface area (Å²) in [6, 6.07) is 3.27. The van der Waals surface area contributed by atoms with E-state index in [1.807, 2.05) is 26.0 Å². The first-order valence-electron chi connectivity index (χ1n) is 21.1. The van der Waals surface area contributed by atoms with Crippen LogP contribution in [0.5, 0.6) is 17.4 Å². The van der Waals surface area contributed by atoms with Gasteiger partial charge in [0.1, 0.15) is 41.5 Å². The average Bonchev–Trinajstić information content (AvgIpc) is 3.97. The number of benzene rings is 1. The molecule has 328 valence electrons. The van der Waals surface area contributed by atoms with E-state index in [2.05, 4.69) is 26.9 Å². The summed E-state index contributed by atoms with van der Waals surface area (Å²) in [7, 11) is -2.34. The SMILES string of the molecule is C=C[C@@H]1C[C@]1(NC(=O)[C@@H]1C[C@@H]2CN1C(=O)[C@H](C1CCCC1)NC(=O)OCC(C)(C)CCCc1cc3c(cc(OCc4ncco4)nc3cc1OC)O2)C(=O)NS(=O)(=O)C1CC1. The minimum atomic E-state index is -3.93. The Kier molecular flexibility index (Phi) is 11.7. The number of aromatic nitrogens is 2. The predicted molar refractivity (Wildman–Crippen MR) is 220 cm³/mol. The molecule has 8 rings (SSSR count). The number of methoxy groups -OCH3 is 1. The number of oxazole rings is 1. The quantitative estimate of drug-likeness (QED) is 0.227. The monoisotopic (exact) mass is 862 g/mol. The number of cyclic esters (lactones) is 1. The summed E-state index contributed by atoms with van der Waals surface area (Å²) in [6.45, 7) is 7.90. The van der Waals surface area contributed by atoms with Crippen LogP contribution in [0.25, 0.3) is 10.9 Å². The summed E-state index contributed by atoms with van der Waals surface area (Å²) in [5, 5.41) is 5.72. The fourth-order valence-corrected chi connectivity index (χ4v) is 10.3. The standard InChI is InChI=1S/C43H54N6O11S/c1-5-27-21-43(27,40(52)48-61(54,55)29-12-13-29)47-38(50)32-18-28-22-49(32)39(51)37(25-9-6-7-10-25)46-41(53)59-24-42(2,3)14-8-11-26-17-30-31(19-33(26)56-4)45-35(20-34(30)60-28)58-23-36-44-15-16-57-36/h5,15-17,19-20,25,27-29,32,37H,1,6-14,18,21-24H2,2-4H3,(H,46,53)(H,47,50)(H,48,52)/t27-,28-,32+,37+,43-/m1/s1. The third-order valence-corrected chi connectivity index (χ3v) is 14.5. The number of rotatable bonds is 11. The number of fused-ring (bicyclic) bond motifs is 3. The number of hydrogen-bond donors (Lipinski definition) is 3. The highest BCUT2D eigenvalue weighted by Crippen LogP contribution is 2.46. The maximum absolute atomic E-state index is 14.9. The number of sulfonamides is 1. The second-order valence-corrected chi connectivity index (χ2v) is 19.7. The van der Waals surface area contributed by atoms with Crippen molar-refractivity contribution < 1.29 is 51.0 Å². The summed E-state index contributed by atoms with van der Waals surface area (Å²) in [6.07, 6.45) is 9.25. The number of carbonyl (C=O) groups excluding carboxylic acids is 4. The lowest BCUT2D eigenvalue weighted by Gasteiger charge is -2.32. The van der Waals surface area contributed by atoms with E-state index in [1.165, 1.54) is 23.4 Å². The van der Waals surface area contributed by atoms with Gasteiger partial charge in [0.25, 0.3) is 5.91 Å². The molecule has 17 nitrogen and oxygen atoms in total. The molecule has 4 heterocycles. The summed E-state index contributed by atoms with van der Waals surface area (Å²) < 4.78 is 57.7. The Morgan fingerprint density at radius 3 is 2.59 bits per heavy atom. The molecule has 4 bridgehead atoms. The Labute approximate surface area is 354 Å². The van der Waals surface area contributed by atoms with Crippen LogP contribution in [-0.4, -0.2) is 96.3 Å². The number of ether oxygens (including phenoxy) is 4. The fraction of sp³-hybridized carbons (Fsp3) is 0.581. The van der Waals surface area contributed by atoms with E-state index in [0.29, 0.717) is 66.8 Å². The van der Waals surface area contributed by atoms with Gasteiger partial charge in [0.15, 0.2) is 6.61 Å². The molecule has 5 aliphatic rings. The first-order valence-corrected chi connectivity index (χ1v) is 22.7. The van der Waals surface area contributed by atoms with Crippen LogP contribution < -0.4 is 29.6 Å². The zero-order valence-corrected chi connectivity index (χ0v) is 35.6. The number of alkyl carbamates (subject to hydrolysis) is 1. The minimum Gasteiger partial charge on any atom is -0.496 e. The van der Waals surface area contributed by atoms with Crippen LogP contribution in [0.3, 0.4) is 0 Å².